The minimum absolute atomic E-state index is 0.681. The van der Waals surface area contributed by atoms with E-state index in [2.05, 4.69) is 4.18 Å². The van der Waals surface area contributed by atoms with E-state index >= 15 is 0 Å². The van der Waals surface area contributed by atoms with Gasteiger partial charge >= 0.3 is 11.4 Å². The quantitative estimate of drug-likeness (QED) is 0.607. The zero-order valence-electron chi connectivity index (χ0n) is 4.42. The van der Waals surface area contributed by atoms with Crippen molar-refractivity contribution in [1.29, 1.82) is 0 Å². The summed E-state index contributed by atoms with van der Waals surface area (Å²) >= 11 is -2.49. The Kier molecular flexibility index (Phi) is 4.74. The Bertz CT molecular complexity index is 99.1. The van der Waals surface area contributed by atoms with Gasteiger partial charge in [-0.3, -0.25) is 8.74 Å². The van der Waals surface area contributed by atoms with Crippen LogP contribution >= 0.6 is 0 Å². The summed E-state index contributed by atoms with van der Waals surface area (Å²) in [6, 6.07) is 0. The second kappa shape index (κ2) is 4.78. The van der Waals surface area contributed by atoms with Crippen molar-refractivity contribution in [2.45, 2.75) is 6.17 Å². The highest BCUT2D eigenvalue weighted by molar-refractivity contribution is 7.74. The molecule has 0 aromatic heterocycles. The van der Waals surface area contributed by atoms with Crippen molar-refractivity contribution in [3.05, 3.63) is 0 Å². The molecule has 0 aliphatic heterocycles. The van der Waals surface area contributed by atoms with Gasteiger partial charge < -0.3 is 0 Å². The first kappa shape index (κ1) is 8.93. The fourth-order valence-electron chi connectivity index (χ4n) is 0.177. The third kappa shape index (κ3) is 5.81. The molecule has 2 atom stereocenters. The van der Waals surface area contributed by atoms with Crippen LogP contribution in [0.1, 0.15) is 0 Å². The minimum Gasteiger partial charge on any atom is -0.284 e. The molecule has 0 aliphatic carbocycles. The minimum atomic E-state index is -2.49. The highest BCUT2D eigenvalue weighted by atomic mass is 32.2. The van der Waals surface area contributed by atoms with Crippen LogP contribution in [0.4, 0.5) is 8.78 Å². The molecule has 0 aromatic rings. The molecule has 1 N–H and O–H groups in total. The van der Waals surface area contributed by atoms with Gasteiger partial charge in [-0.1, -0.05) is 0 Å². The Balaban J connectivity index is 3.16. The maximum Gasteiger partial charge on any atom is 0.301 e. The smallest absolute Gasteiger partial charge is 0.284 e. The molecule has 56 valence electrons. The summed E-state index contributed by atoms with van der Waals surface area (Å²) in [5, 5.41) is 0. The van der Waals surface area contributed by atoms with Gasteiger partial charge in [0.2, 0.25) is 0 Å². The van der Waals surface area contributed by atoms with Crippen LogP contribution in [0.5, 0.6) is 0 Å². The van der Waals surface area contributed by atoms with Crippen LogP contribution in [-0.4, -0.2) is 28.2 Å². The molecular weight excluding hydrogens is 154 g/mol. The Morgan fingerprint density at radius 1 is 1.78 bits per heavy atom. The summed E-state index contributed by atoms with van der Waals surface area (Å²) in [6.45, 7) is -1.88. The van der Waals surface area contributed by atoms with Gasteiger partial charge in [0, 0.05) is 0 Å². The van der Waals surface area contributed by atoms with E-state index in [1.165, 1.54) is 0 Å². The molecule has 0 heterocycles. The standard InChI is InChI=1S/C3H6F2O3S/c4-1-3(5)2-8-9(6)7/h3H,1-2H2,(H,6,7). The van der Waals surface area contributed by atoms with Crippen LogP contribution in [0, 0.1) is 0 Å². The van der Waals surface area contributed by atoms with E-state index in [0.717, 1.165) is 0 Å². The lowest BCUT2D eigenvalue weighted by Crippen LogP contribution is -2.12. The summed E-state index contributed by atoms with van der Waals surface area (Å²) in [4.78, 5) is 0. The molecule has 0 saturated heterocycles. The molecule has 9 heavy (non-hydrogen) atoms. The normalized spacial score (nSPS) is 17.2. The molecule has 6 heteroatoms. The molecule has 0 saturated carbocycles. The van der Waals surface area contributed by atoms with Crippen LogP contribution in [0.2, 0.25) is 0 Å². The third-order valence-electron chi connectivity index (χ3n) is 0.517. The zero-order valence-corrected chi connectivity index (χ0v) is 5.24. The van der Waals surface area contributed by atoms with Gasteiger partial charge in [0.1, 0.15) is 13.3 Å². The first-order chi connectivity index (χ1) is 4.16. The highest BCUT2D eigenvalue weighted by Gasteiger charge is 2.06. The Morgan fingerprint density at radius 3 is 2.67 bits per heavy atom. The third-order valence-corrected chi connectivity index (χ3v) is 0.855. The van der Waals surface area contributed by atoms with Gasteiger partial charge in [0.25, 0.3) is 0 Å². The molecule has 0 fully saturated rings. The average Bonchev–Trinajstić information content (AvgIpc) is 1.83. The molecule has 3 nitrogen and oxygen atoms in total. The molecular formula is C3H6F2O3S. The van der Waals surface area contributed by atoms with Crippen molar-refractivity contribution in [1.82, 2.24) is 0 Å². The average molecular weight is 160 g/mol. The monoisotopic (exact) mass is 160 g/mol. The van der Waals surface area contributed by atoms with Gasteiger partial charge in [-0.25, -0.2) is 8.78 Å². The summed E-state index contributed by atoms with van der Waals surface area (Å²) in [6.07, 6.45) is -1.80. The Labute approximate surface area is 53.5 Å². The van der Waals surface area contributed by atoms with Crippen LogP contribution in [0.15, 0.2) is 0 Å². The number of alkyl halides is 2. The first-order valence-electron chi connectivity index (χ1n) is 2.11. The number of hydrogen-bond acceptors (Lipinski definition) is 2. The number of rotatable bonds is 4. The summed E-state index contributed by atoms with van der Waals surface area (Å²) in [5.41, 5.74) is 0. The van der Waals surface area contributed by atoms with Crippen molar-refractivity contribution >= 4 is 11.4 Å². The van der Waals surface area contributed by atoms with E-state index in [1.54, 1.807) is 0 Å². The van der Waals surface area contributed by atoms with E-state index in [-0.39, 0.29) is 0 Å². The lowest BCUT2D eigenvalue weighted by atomic mass is 10.5. The maximum absolute atomic E-state index is 11.7. The molecule has 0 bridgehead atoms. The van der Waals surface area contributed by atoms with Gasteiger partial charge in [0.15, 0.2) is 6.17 Å². The van der Waals surface area contributed by atoms with E-state index in [1.807, 2.05) is 0 Å². The van der Waals surface area contributed by atoms with Crippen molar-refractivity contribution < 1.29 is 21.7 Å². The highest BCUT2D eigenvalue weighted by Crippen LogP contribution is 1.93. The fraction of sp³-hybridized carbons (Fsp3) is 1.00. The van der Waals surface area contributed by atoms with Crippen molar-refractivity contribution in [3.8, 4) is 0 Å². The SMILES string of the molecule is O=S(O)OCC(F)CF. The fourth-order valence-corrected chi connectivity index (χ4v) is 0.441. The van der Waals surface area contributed by atoms with Crippen LogP contribution in [0.3, 0.4) is 0 Å². The van der Waals surface area contributed by atoms with Crippen molar-refractivity contribution in [3.63, 3.8) is 0 Å². The van der Waals surface area contributed by atoms with Gasteiger partial charge in [-0.05, 0) is 0 Å². The lowest BCUT2D eigenvalue weighted by Gasteiger charge is -1.98. The topological polar surface area (TPSA) is 46.5 Å². The molecule has 0 radical (unpaired) electrons. The second-order valence-electron chi connectivity index (χ2n) is 1.25. The summed E-state index contributed by atoms with van der Waals surface area (Å²) in [7, 11) is 0. The first-order valence-corrected chi connectivity index (χ1v) is 3.14. The molecule has 2 unspecified atom stereocenters. The number of hydrogen-bond donors (Lipinski definition) is 1. The largest absolute Gasteiger partial charge is 0.301 e. The Morgan fingerprint density at radius 2 is 2.33 bits per heavy atom. The predicted octanol–water partition coefficient (Wildman–Crippen LogP) is 0.447. The lowest BCUT2D eigenvalue weighted by molar-refractivity contribution is 0.167. The summed E-state index contributed by atoms with van der Waals surface area (Å²) in [5.74, 6) is 0. The van der Waals surface area contributed by atoms with Crippen LogP contribution in [-0.2, 0) is 15.5 Å². The number of halogens is 2. The molecule has 0 spiro atoms. The van der Waals surface area contributed by atoms with E-state index < -0.39 is 30.8 Å². The molecule has 0 aliphatic rings. The second-order valence-corrected chi connectivity index (χ2v) is 1.92. The van der Waals surface area contributed by atoms with Crippen molar-refractivity contribution in [2.24, 2.45) is 0 Å². The molecule has 0 aromatic carbocycles. The summed E-state index contributed by atoms with van der Waals surface area (Å²) < 4.78 is 44.2. The molecule has 0 rings (SSSR count). The van der Waals surface area contributed by atoms with Gasteiger partial charge in [-0.2, -0.15) is 4.21 Å². The van der Waals surface area contributed by atoms with E-state index in [4.69, 9.17) is 4.55 Å². The van der Waals surface area contributed by atoms with E-state index in [9.17, 15) is 13.0 Å². The van der Waals surface area contributed by atoms with Crippen molar-refractivity contribution in [2.75, 3.05) is 13.3 Å². The predicted molar refractivity (Wildman–Crippen MR) is 27.6 cm³/mol. The van der Waals surface area contributed by atoms with E-state index in [0.29, 0.717) is 0 Å². The maximum atomic E-state index is 11.7. The molecule has 0 amide bonds. The van der Waals surface area contributed by atoms with Crippen LogP contribution < -0.4 is 0 Å². The Hall–Kier alpha value is -0.0700. The zero-order chi connectivity index (χ0) is 7.28. The van der Waals surface area contributed by atoms with Gasteiger partial charge in [-0.15, -0.1) is 0 Å². The van der Waals surface area contributed by atoms with Gasteiger partial charge in [0.05, 0.1) is 0 Å². The van der Waals surface area contributed by atoms with Crippen LogP contribution in [0.25, 0.3) is 0 Å².